The van der Waals surface area contributed by atoms with Crippen LogP contribution in [0.15, 0.2) is 59.5 Å². The molecule has 3 rings (SSSR count). The molecule has 0 aliphatic heterocycles. The second-order valence-electron chi connectivity index (χ2n) is 8.01. The molecule has 7 nitrogen and oxygen atoms in total. The molecule has 0 bridgehead atoms. The molecule has 166 valence electrons. The fraction of sp³-hybridized carbons (Fsp3) is 0.391. The molecule has 3 atom stereocenters. The fourth-order valence-electron chi connectivity index (χ4n) is 3.74. The van der Waals surface area contributed by atoms with Crippen molar-refractivity contribution in [3.63, 3.8) is 0 Å². The summed E-state index contributed by atoms with van der Waals surface area (Å²) in [5.74, 6) is -0.0779. The summed E-state index contributed by atoms with van der Waals surface area (Å²) in [5.41, 5.74) is 0.616. The van der Waals surface area contributed by atoms with Gasteiger partial charge in [0, 0.05) is 11.7 Å². The van der Waals surface area contributed by atoms with Crippen LogP contribution in [0.1, 0.15) is 43.5 Å². The Balaban J connectivity index is 1.53. The molecule has 0 heterocycles. The van der Waals surface area contributed by atoms with Crippen LogP contribution in [-0.2, 0) is 19.6 Å². The van der Waals surface area contributed by atoms with Gasteiger partial charge in [-0.3, -0.25) is 9.52 Å². The quantitative estimate of drug-likeness (QED) is 0.636. The van der Waals surface area contributed by atoms with E-state index < -0.39 is 16.0 Å². The van der Waals surface area contributed by atoms with Crippen LogP contribution in [0, 0.1) is 11.8 Å². The topological polar surface area (TPSA) is 102 Å². The molecule has 1 saturated carbocycles. The van der Waals surface area contributed by atoms with Crippen molar-refractivity contribution < 1.29 is 22.7 Å². The number of rotatable bonds is 7. The second kappa shape index (κ2) is 9.96. The monoisotopic (exact) mass is 444 g/mol. The minimum Gasteiger partial charge on any atom is -0.452 e. The first kappa shape index (κ1) is 22.8. The minimum atomic E-state index is -3.77. The van der Waals surface area contributed by atoms with E-state index in [-0.39, 0.29) is 29.0 Å². The number of carbonyl (C=O) groups is 2. The lowest BCUT2D eigenvalue weighted by atomic mass is 9.78. The van der Waals surface area contributed by atoms with Crippen LogP contribution in [-0.4, -0.2) is 32.9 Å². The molecule has 0 spiro atoms. The summed E-state index contributed by atoms with van der Waals surface area (Å²) in [6, 6.07) is 14.0. The molecule has 0 unspecified atom stereocenters. The summed E-state index contributed by atoms with van der Waals surface area (Å²) in [4.78, 5) is 24.4. The Morgan fingerprint density at radius 2 is 1.68 bits per heavy atom. The van der Waals surface area contributed by atoms with E-state index >= 15 is 0 Å². The predicted molar refractivity (Wildman–Crippen MR) is 118 cm³/mol. The van der Waals surface area contributed by atoms with Crippen LogP contribution in [0.4, 0.5) is 5.69 Å². The van der Waals surface area contributed by atoms with Gasteiger partial charge in [-0.2, -0.15) is 0 Å². The third-order valence-electron chi connectivity index (χ3n) is 5.81. The van der Waals surface area contributed by atoms with Gasteiger partial charge in [-0.15, -0.1) is 0 Å². The average molecular weight is 445 g/mol. The van der Waals surface area contributed by atoms with Crippen LogP contribution < -0.4 is 10.0 Å². The van der Waals surface area contributed by atoms with Gasteiger partial charge in [-0.1, -0.05) is 44.9 Å². The van der Waals surface area contributed by atoms with Gasteiger partial charge in [-0.05, 0) is 54.7 Å². The van der Waals surface area contributed by atoms with Crippen LogP contribution in [0.5, 0.6) is 0 Å². The fourth-order valence-corrected chi connectivity index (χ4v) is 4.80. The lowest BCUT2D eigenvalue weighted by Gasteiger charge is -2.34. The molecule has 1 amide bonds. The molecule has 1 aliphatic carbocycles. The summed E-state index contributed by atoms with van der Waals surface area (Å²) < 4.78 is 32.5. The van der Waals surface area contributed by atoms with Crippen molar-refractivity contribution in [1.82, 2.24) is 5.32 Å². The average Bonchev–Trinajstić information content (AvgIpc) is 2.76. The molecule has 2 N–H and O–H groups in total. The largest absolute Gasteiger partial charge is 0.452 e. The maximum Gasteiger partial charge on any atom is 0.338 e. The summed E-state index contributed by atoms with van der Waals surface area (Å²) in [5, 5.41) is 2.95. The van der Waals surface area contributed by atoms with E-state index in [4.69, 9.17) is 4.74 Å². The first-order valence-corrected chi connectivity index (χ1v) is 11.9. The van der Waals surface area contributed by atoms with Crippen molar-refractivity contribution in [3.05, 3.63) is 60.2 Å². The number of esters is 1. The van der Waals surface area contributed by atoms with Gasteiger partial charge in [0.25, 0.3) is 15.9 Å². The van der Waals surface area contributed by atoms with Gasteiger partial charge >= 0.3 is 5.97 Å². The summed E-state index contributed by atoms with van der Waals surface area (Å²) >= 11 is 0. The Hall–Kier alpha value is -2.87. The molecule has 1 aliphatic rings. The van der Waals surface area contributed by atoms with Crippen LogP contribution in [0.3, 0.4) is 0 Å². The highest BCUT2D eigenvalue weighted by atomic mass is 32.2. The highest BCUT2D eigenvalue weighted by Gasteiger charge is 2.28. The summed E-state index contributed by atoms with van der Waals surface area (Å²) in [6.07, 6.45) is 3.16. The first-order chi connectivity index (χ1) is 14.8. The zero-order chi connectivity index (χ0) is 22.4. The molecule has 2 aromatic rings. The van der Waals surface area contributed by atoms with E-state index in [0.29, 0.717) is 17.5 Å². The normalized spacial score (nSPS) is 21.2. The van der Waals surface area contributed by atoms with Gasteiger partial charge in [0.05, 0.1) is 10.5 Å². The van der Waals surface area contributed by atoms with E-state index in [1.165, 1.54) is 24.3 Å². The first-order valence-electron chi connectivity index (χ1n) is 10.4. The van der Waals surface area contributed by atoms with Crippen LogP contribution in [0.2, 0.25) is 0 Å². The molecule has 0 radical (unpaired) electrons. The molecular formula is C23H28N2O5S. The SMILES string of the molecule is C[C@@H]1[C@H](C)CCC[C@@H]1NC(=O)COC(=O)c1ccc(S(=O)(=O)Nc2ccccc2)cc1. The number of amides is 1. The Labute approximate surface area is 183 Å². The van der Waals surface area contributed by atoms with Crippen molar-refractivity contribution >= 4 is 27.6 Å². The Kier molecular flexibility index (Phi) is 7.33. The van der Waals surface area contributed by atoms with Gasteiger partial charge in [0.15, 0.2) is 6.61 Å². The van der Waals surface area contributed by atoms with Gasteiger partial charge in [0.1, 0.15) is 0 Å². The maximum atomic E-state index is 12.5. The van der Waals surface area contributed by atoms with Gasteiger partial charge in [0.2, 0.25) is 0 Å². The number of hydrogen-bond donors (Lipinski definition) is 2. The van der Waals surface area contributed by atoms with E-state index in [1.807, 2.05) is 0 Å². The standard InChI is InChI=1S/C23H28N2O5S/c1-16-7-6-10-21(17(16)2)24-22(26)15-30-23(27)18-11-13-20(14-12-18)31(28,29)25-19-8-4-3-5-9-19/h3-5,8-9,11-14,16-17,21,25H,6-7,10,15H2,1-2H3,(H,24,26)/t16-,17-,21+/m1/s1. The maximum absolute atomic E-state index is 12.5. The van der Waals surface area contributed by atoms with Gasteiger partial charge < -0.3 is 10.1 Å². The lowest BCUT2D eigenvalue weighted by Crippen LogP contribution is -2.45. The summed E-state index contributed by atoms with van der Waals surface area (Å²) in [7, 11) is -3.77. The molecule has 0 aromatic heterocycles. The molecule has 2 aromatic carbocycles. The minimum absolute atomic E-state index is 0.0195. The summed E-state index contributed by atoms with van der Waals surface area (Å²) in [6.45, 7) is 3.94. The molecule has 8 heteroatoms. The van der Waals surface area contributed by atoms with E-state index in [1.54, 1.807) is 30.3 Å². The number of nitrogens with one attached hydrogen (secondary N) is 2. The Morgan fingerprint density at radius 1 is 1.00 bits per heavy atom. The Bertz CT molecular complexity index is 1010. The molecular weight excluding hydrogens is 416 g/mol. The Morgan fingerprint density at radius 3 is 2.35 bits per heavy atom. The number of hydrogen-bond acceptors (Lipinski definition) is 5. The van der Waals surface area contributed by atoms with E-state index in [2.05, 4.69) is 23.9 Å². The van der Waals surface area contributed by atoms with Crippen molar-refractivity contribution in [1.29, 1.82) is 0 Å². The molecule has 0 saturated heterocycles. The molecule has 1 fully saturated rings. The van der Waals surface area contributed by atoms with Gasteiger partial charge in [-0.25, -0.2) is 13.2 Å². The smallest absolute Gasteiger partial charge is 0.338 e. The van der Waals surface area contributed by atoms with Crippen LogP contribution >= 0.6 is 0 Å². The molecule has 31 heavy (non-hydrogen) atoms. The number of anilines is 1. The zero-order valence-corrected chi connectivity index (χ0v) is 18.5. The van der Waals surface area contributed by atoms with Crippen molar-refractivity contribution in [2.24, 2.45) is 11.8 Å². The van der Waals surface area contributed by atoms with Crippen molar-refractivity contribution in [2.75, 3.05) is 11.3 Å². The van der Waals surface area contributed by atoms with E-state index in [9.17, 15) is 18.0 Å². The third-order valence-corrected chi connectivity index (χ3v) is 7.21. The highest BCUT2D eigenvalue weighted by Crippen LogP contribution is 2.29. The zero-order valence-electron chi connectivity index (χ0n) is 17.7. The predicted octanol–water partition coefficient (Wildman–Crippen LogP) is 3.59. The third kappa shape index (κ3) is 6.07. The lowest BCUT2D eigenvalue weighted by molar-refractivity contribution is -0.125. The van der Waals surface area contributed by atoms with E-state index in [0.717, 1.165) is 19.3 Å². The number of carbonyl (C=O) groups excluding carboxylic acids is 2. The number of sulfonamides is 1. The number of ether oxygens (including phenoxy) is 1. The van der Waals surface area contributed by atoms with Crippen LogP contribution in [0.25, 0.3) is 0 Å². The van der Waals surface area contributed by atoms with Crippen molar-refractivity contribution in [3.8, 4) is 0 Å². The number of para-hydroxylation sites is 1. The number of benzene rings is 2. The van der Waals surface area contributed by atoms with Crippen molar-refractivity contribution in [2.45, 2.75) is 44.0 Å². The second-order valence-corrected chi connectivity index (χ2v) is 9.70. The highest BCUT2D eigenvalue weighted by molar-refractivity contribution is 7.92.